The van der Waals surface area contributed by atoms with Crippen molar-refractivity contribution in [3.05, 3.63) is 0 Å². The lowest BCUT2D eigenvalue weighted by Gasteiger charge is -2.48. The summed E-state index contributed by atoms with van der Waals surface area (Å²) in [5.41, 5.74) is 1.07. The Balaban J connectivity index is 2.82. The molecule has 0 heterocycles. The second-order valence-corrected chi connectivity index (χ2v) is 8.16. The van der Waals surface area contributed by atoms with Crippen LogP contribution in [0.1, 0.15) is 72.1 Å². The Morgan fingerprint density at radius 3 is 2.05 bits per heavy atom. The highest BCUT2D eigenvalue weighted by Gasteiger charge is 2.43. The predicted octanol–water partition coefficient (Wildman–Crippen LogP) is 4.06. The van der Waals surface area contributed by atoms with E-state index >= 15 is 0 Å². The summed E-state index contributed by atoms with van der Waals surface area (Å²) in [6.07, 6.45) is 7.16. The van der Waals surface area contributed by atoms with E-state index in [-0.39, 0.29) is 16.6 Å². The molecule has 1 unspecified atom stereocenters. The molecule has 5 heteroatoms. The van der Waals surface area contributed by atoms with Crippen LogP contribution in [0.15, 0.2) is 0 Å². The van der Waals surface area contributed by atoms with Gasteiger partial charge in [0.15, 0.2) is 0 Å². The van der Waals surface area contributed by atoms with Crippen LogP contribution in [0.5, 0.6) is 0 Å². The molecule has 0 aliphatic heterocycles. The Kier molecular flexibility index (Phi) is 5.79. The van der Waals surface area contributed by atoms with Gasteiger partial charge in [0.2, 0.25) is 0 Å². The Hall–Kier alpha value is -0.420. The van der Waals surface area contributed by atoms with E-state index in [9.17, 15) is 8.42 Å². The maximum absolute atomic E-state index is 10.9. The van der Waals surface area contributed by atoms with Gasteiger partial charge in [-0.25, -0.2) is 0 Å². The van der Waals surface area contributed by atoms with Crippen LogP contribution in [0.2, 0.25) is 0 Å². The molecular formula is C15H29NO3S. The first kappa shape index (κ1) is 17.6. The van der Waals surface area contributed by atoms with Crippen molar-refractivity contribution in [2.75, 3.05) is 5.75 Å². The summed E-state index contributed by atoms with van der Waals surface area (Å²) in [5, 5.41) is 8.20. The molecule has 4 nitrogen and oxygen atoms in total. The zero-order chi connectivity index (χ0) is 15.4. The molecule has 0 spiro atoms. The van der Waals surface area contributed by atoms with Crippen molar-refractivity contribution in [3.8, 4) is 0 Å². The first-order chi connectivity index (χ1) is 9.20. The van der Waals surface area contributed by atoms with Gasteiger partial charge < -0.3 is 5.41 Å². The van der Waals surface area contributed by atoms with Crippen LogP contribution in [0.25, 0.3) is 0 Å². The molecule has 1 fully saturated rings. The molecule has 0 radical (unpaired) electrons. The zero-order valence-electron chi connectivity index (χ0n) is 13.0. The monoisotopic (exact) mass is 303 g/mol. The van der Waals surface area contributed by atoms with E-state index in [4.69, 9.17) is 9.96 Å². The maximum Gasteiger partial charge on any atom is 0.264 e. The third kappa shape index (κ3) is 4.55. The van der Waals surface area contributed by atoms with E-state index in [0.717, 1.165) is 50.7 Å². The largest absolute Gasteiger partial charge is 0.310 e. The molecule has 1 atom stereocenters. The Bertz CT molecular complexity index is 440. The lowest BCUT2D eigenvalue weighted by atomic mass is 9.57. The van der Waals surface area contributed by atoms with Crippen LogP contribution in [0, 0.1) is 16.2 Å². The van der Waals surface area contributed by atoms with E-state index in [1.54, 1.807) is 0 Å². The summed E-state index contributed by atoms with van der Waals surface area (Å²) in [7, 11) is -3.87. The minimum atomic E-state index is -3.87. The van der Waals surface area contributed by atoms with Crippen molar-refractivity contribution < 1.29 is 13.0 Å². The predicted molar refractivity (Wildman–Crippen MR) is 83.0 cm³/mol. The zero-order valence-corrected chi connectivity index (χ0v) is 13.9. The summed E-state index contributed by atoms with van der Waals surface area (Å²) in [6.45, 7) is 6.53. The molecular weight excluding hydrogens is 274 g/mol. The fourth-order valence-electron chi connectivity index (χ4n) is 3.87. The Labute approximate surface area is 123 Å². The third-order valence-corrected chi connectivity index (χ3v) is 6.09. The molecule has 0 aromatic rings. The van der Waals surface area contributed by atoms with E-state index in [0.29, 0.717) is 6.42 Å². The van der Waals surface area contributed by atoms with Crippen LogP contribution in [0.4, 0.5) is 0 Å². The van der Waals surface area contributed by atoms with Crippen LogP contribution in [-0.4, -0.2) is 24.4 Å². The molecule has 20 heavy (non-hydrogen) atoms. The van der Waals surface area contributed by atoms with E-state index < -0.39 is 10.1 Å². The smallest absolute Gasteiger partial charge is 0.264 e. The SMILES string of the molecule is CCC1(CC)CC(=N)CC(CC)(CCCS(=O)(=O)O)C1. The molecule has 1 aliphatic rings. The first-order valence-corrected chi connectivity index (χ1v) is 9.32. The average Bonchev–Trinajstić information content (AvgIpc) is 2.36. The van der Waals surface area contributed by atoms with Crippen LogP contribution in [-0.2, 0) is 10.1 Å². The van der Waals surface area contributed by atoms with Gasteiger partial charge in [-0.05, 0) is 42.9 Å². The minimum absolute atomic E-state index is 0.0477. The van der Waals surface area contributed by atoms with E-state index in [1.807, 2.05) is 0 Å². The molecule has 0 aromatic carbocycles. The Morgan fingerprint density at radius 1 is 1.10 bits per heavy atom. The third-order valence-electron chi connectivity index (χ3n) is 5.29. The highest BCUT2D eigenvalue weighted by atomic mass is 32.2. The fourth-order valence-corrected chi connectivity index (χ4v) is 4.38. The van der Waals surface area contributed by atoms with Crippen LogP contribution < -0.4 is 0 Å². The number of rotatable bonds is 7. The highest BCUT2D eigenvalue weighted by Crippen LogP contribution is 2.52. The maximum atomic E-state index is 10.9. The minimum Gasteiger partial charge on any atom is -0.310 e. The topological polar surface area (TPSA) is 78.2 Å². The van der Waals surface area contributed by atoms with Crippen molar-refractivity contribution >= 4 is 15.8 Å². The molecule has 1 aliphatic carbocycles. The fraction of sp³-hybridized carbons (Fsp3) is 0.933. The van der Waals surface area contributed by atoms with Crippen molar-refractivity contribution in [1.82, 2.24) is 0 Å². The summed E-state index contributed by atoms with van der Waals surface area (Å²) in [4.78, 5) is 0. The lowest BCUT2D eigenvalue weighted by Crippen LogP contribution is -2.40. The molecule has 0 aromatic heterocycles. The summed E-state index contributed by atoms with van der Waals surface area (Å²) < 4.78 is 30.6. The van der Waals surface area contributed by atoms with Crippen LogP contribution in [0.3, 0.4) is 0 Å². The summed E-state index contributed by atoms with van der Waals surface area (Å²) in [6, 6.07) is 0. The number of hydrogen-bond acceptors (Lipinski definition) is 3. The van der Waals surface area contributed by atoms with Crippen molar-refractivity contribution in [1.29, 1.82) is 5.41 Å². The van der Waals surface area contributed by atoms with Crippen molar-refractivity contribution in [2.45, 2.75) is 72.1 Å². The second-order valence-electron chi connectivity index (χ2n) is 6.58. The van der Waals surface area contributed by atoms with Gasteiger partial charge >= 0.3 is 0 Å². The van der Waals surface area contributed by atoms with Gasteiger partial charge in [0.25, 0.3) is 10.1 Å². The molecule has 1 rings (SSSR count). The molecule has 1 saturated carbocycles. The lowest BCUT2D eigenvalue weighted by molar-refractivity contribution is 0.0904. The summed E-state index contributed by atoms with van der Waals surface area (Å²) >= 11 is 0. The van der Waals surface area contributed by atoms with Gasteiger partial charge in [-0.15, -0.1) is 0 Å². The van der Waals surface area contributed by atoms with Crippen LogP contribution >= 0.6 is 0 Å². The van der Waals surface area contributed by atoms with Gasteiger partial charge in [0.05, 0.1) is 5.75 Å². The molecule has 0 amide bonds. The van der Waals surface area contributed by atoms with Crippen molar-refractivity contribution in [2.24, 2.45) is 10.8 Å². The van der Waals surface area contributed by atoms with E-state index in [1.165, 1.54) is 0 Å². The normalized spacial score (nSPS) is 26.7. The average molecular weight is 303 g/mol. The van der Waals surface area contributed by atoms with Gasteiger partial charge in [0.1, 0.15) is 0 Å². The second kappa shape index (κ2) is 6.56. The quantitative estimate of drug-likeness (QED) is 0.696. The summed E-state index contributed by atoms with van der Waals surface area (Å²) in [5.74, 6) is -0.159. The highest BCUT2D eigenvalue weighted by molar-refractivity contribution is 7.85. The molecule has 118 valence electrons. The van der Waals surface area contributed by atoms with Gasteiger partial charge in [0, 0.05) is 5.71 Å². The van der Waals surface area contributed by atoms with Gasteiger partial charge in [-0.2, -0.15) is 8.42 Å². The van der Waals surface area contributed by atoms with Gasteiger partial charge in [-0.1, -0.05) is 40.0 Å². The van der Waals surface area contributed by atoms with Gasteiger partial charge in [-0.3, -0.25) is 4.55 Å². The standard InChI is InChI=1S/C15H29NO3S/c1-4-14(5-2)10-13(16)11-15(6-3,12-14)8-7-9-20(17,18)19/h16H,4-12H2,1-3H3,(H,17,18,19). The van der Waals surface area contributed by atoms with Crippen molar-refractivity contribution in [3.63, 3.8) is 0 Å². The Morgan fingerprint density at radius 2 is 1.60 bits per heavy atom. The molecule has 2 N–H and O–H groups in total. The molecule has 0 bridgehead atoms. The molecule has 0 saturated heterocycles. The number of nitrogens with one attached hydrogen (secondary N) is 1. The first-order valence-electron chi connectivity index (χ1n) is 7.71. The number of hydrogen-bond donors (Lipinski definition) is 2. The van der Waals surface area contributed by atoms with E-state index in [2.05, 4.69) is 20.8 Å².